The standard InChI is InChI=1S/C26H21F3N6/c1-13-12-31-23-16(13)9-15(27)10-17(23)21-18(28)11-19-24(22(21)29)35-20(8-14-4-6-30-7-5-14)33-34-25(35)26(2,3)32-19/h4-7,9-12,31-32H,8H2,1-3H3. The lowest BCUT2D eigenvalue weighted by Gasteiger charge is -2.34. The molecule has 4 heterocycles. The van der Waals surface area contributed by atoms with Gasteiger partial charge in [-0.05, 0) is 56.2 Å². The molecule has 176 valence electrons. The lowest BCUT2D eigenvalue weighted by Crippen LogP contribution is -2.36. The molecule has 0 fully saturated rings. The zero-order chi connectivity index (χ0) is 24.5. The van der Waals surface area contributed by atoms with Crippen LogP contribution in [0.3, 0.4) is 0 Å². The van der Waals surface area contributed by atoms with E-state index in [9.17, 15) is 4.39 Å². The van der Waals surface area contributed by atoms with Gasteiger partial charge in [0, 0.05) is 42.0 Å². The maximum Gasteiger partial charge on any atom is 0.162 e. The number of H-pyrrole nitrogens is 1. The molecule has 0 aliphatic carbocycles. The molecule has 1 aliphatic rings. The summed E-state index contributed by atoms with van der Waals surface area (Å²) < 4.78 is 48.1. The second-order valence-corrected chi connectivity index (χ2v) is 9.35. The molecule has 35 heavy (non-hydrogen) atoms. The molecule has 0 radical (unpaired) electrons. The number of aromatic amines is 1. The topological polar surface area (TPSA) is 71.4 Å². The number of nitrogens with zero attached hydrogens (tertiary/aromatic N) is 4. The van der Waals surface area contributed by atoms with Crippen molar-refractivity contribution in [2.45, 2.75) is 32.7 Å². The molecule has 0 atom stereocenters. The van der Waals surface area contributed by atoms with Crippen molar-refractivity contribution in [3.05, 3.63) is 89.1 Å². The number of rotatable bonds is 3. The third-order valence-corrected chi connectivity index (χ3v) is 6.49. The average Bonchev–Trinajstić information content (AvgIpc) is 3.38. The first-order valence-electron chi connectivity index (χ1n) is 11.2. The van der Waals surface area contributed by atoms with Crippen LogP contribution in [0.1, 0.15) is 36.6 Å². The Kier molecular flexibility index (Phi) is 4.54. The highest BCUT2D eigenvalue weighted by molar-refractivity contribution is 5.97. The van der Waals surface area contributed by atoms with E-state index in [4.69, 9.17) is 0 Å². The van der Waals surface area contributed by atoms with Crippen LogP contribution in [0.4, 0.5) is 18.9 Å². The van der Waals surface area contributed by atoms with E-state index in [1.54, 1.807) is 23.2 Å². The molecular formula is C26H21F3N6. The summed E-state index contributed by atoms with van der Waals surface area (Å²) in [6, 6.07) is 7.45. The average molecular weight is 474 g/mol. The van der Waals surface area contributed by atoms with E-state index >= 15 is 8.78 Å². The number of fused-ring (bicyclic) bond motifs is 4. The van der Waals surface area contributed by atoms with Gasteiger partial charge in [-0.3, -0.25) is 9.55 Å². The molecule has 0 bridgehead atoms. The maximum atomic E-state index is 16.4. The van der Waals surface area contributed by atoms with E-state index in [1.165, 1.54) is 12.1 Å². The first-order valence-corrected chi connectivity index (χ1v) is 11.2. The SMILES string of the molecule is Cc1c[nH]c2c(-c3c(F)cc4c(c3F)-n3c(Cc5ccncc5)nnc3C(C)(C)N4)cc(F)cc12. The van der Waals surface area contributed by atoms with Crippen LogP contribution in [-0.2, 0) is 12.0 Å². The highest BCUT2D eigenvalue weighted by atomic mass is 19.1. The normalized spacial score (nSPS) is 14.0. The van der Waals surface area contributed by atoms with Crippen LogP contribution in [0.2, 0.25) is 0 Å². The number of benzene rings is 2. The molecule has 0 saturated carbocycles. The summed E-state index contributed by atoms with van der Waals surface area (Å²) in [5.41, 5.74) is 1.60. The number of nitrogens with one attached hydrogen (secondary N) is 2. The number of anilines is 1. The summed E-state index contributed by atoms with van der Waals surface area (Å²) in [4.78, 5) is 7.07. The highest BCUT2D eigenvalue weighted by Crippen LogP contribution is 2.44. The van der Waals surface area contributed by atoms with Gasteiger partial charge in [0.25, 0.3) is 0 Å². The van der Waals surface area contributed by atoms with E-state index in [0.717, 1.165) is 17.2 Å². The first kappa shape index (κ1) is 21.4. The summed E-state index contributed by atoms with van der Waals surface area (Å²) in [6.45, 7) is 5.55. The molecule has 6 rings (SSSR count). The van der Waals surface area contributed by atoms with Crippen molar-refractivity contribution in [1.29, 1.82) is 0 Å². The lowest BCUT2D eigenvalue weighted by atomic mass is 9.95. The van der Waals surface area contributed by atoms with E-state index in [0.29, 0.717) is 29.0 Å². The van der Waals surface area contributed by atoms with Crippen LogP contribution >= 0.6 is 0 Å². The molecule has 1 aliphatic heterocycles. The summed E-state index contributed by atoms with van der Waals surface area (Å²) >= 11 is 0. The molecule has 0 amide bonds. The van der Waals surface area contributed by atoms with E-state index in [2.05, 4.69) is 25.5 Å². The molecule has 0 spiro atoms. The smallest absolute Gasteiger partial charge is 0.162 e. The van der Waals surface area contributed by atoms with Gasteiger partial charge >= 0.3 is 0 Å². The summed E-state index contributed by atoms with van der Waals surface area (Å²) in [7, 11) is 0. The summed E-state index contributed by atoms with van der Waals surface area (Å²) in [5.74, 6) is -1.20. The Morgan fingerprint density at radius 3 is 2.57 bits per heavy atom. The van der Waals surface area contributed by atoms with E-state index < -0.39 is 23.0 Å². The Morgan fingerprint density at radius 2 is 1.80 bits per heavy atom. The molecule has 5 aromatic rings. The Morgan fingerprint density at radius 1 is 1.03 bits per heavy atom. The monoisotopic (exact) mass is 474 g/mol. The molecule has 2 N–H and O–H groups in total. The minimum absolute atomic E-state index is 0.102. The summed E-state index contributed by atoms with van der Waals surface area (Å²) in [6.07, 6.45) is 5.40. The quantitative estimate of drug-likeness (QED) is 0.347. The minimum atomic E-state index is -0.820. The van der Waals surface area contributed by atoms with Gasteiger partial charge in [-0.1, -0.05) is 0 Å². The third-order valence-electron chi connectivity index (χ3n) is 6.49. The highest BCUT2D eigenvalue weighted by Gasteiger charge is 2.38. The first-order chi connectivity index (χ1) is 16.7. The van der Waals surface area contributed by atoms with E-state index in [-0.39, 0.29) is 22.5 Å². The van der Waals surface area contributed by atoms with Gasteiger partial charge in [-0.15, -0.1) is 10.2 Å². The molecule has 0 unspecified atom stereocenters. The van der Waals surface area contributed by atoms with Crippen LogP contribution in [-0.4, -0.2) is 24.7 Å². The minimum Gasteiger partial charge on any atom is -0.371 e. The van der Waals surface area contributed by atoms with Gasteiger partial charge in [-0.2, -0.15) is 0 Å². The van der Waals surface area contributed by atoms with Crippen LogP contribution in [0.25, 0.3) is 27.7 Å². The molecule has 9 heteroatoms. The summed E-state index contributed by atoms with van der Waals surface area (Å²) in [5, 5.41) is 12.4. The number of pyridine rings is 1. The zero-order valence-electron chi connectivity index (χ0n) is 19.2. The maximum absolute atomic E-state index is 16.4. The van der Waals surface area contributed by atoms with Gasteiger partial charge in [-0.25, -0.2) is 13.2 Å². The molecule has 6 nitrogen and oxygen atoms in total. The third kappa shape index (κ3) is 3.22. The van der Waals surface area contributed by atoms with Gasteiger partial charge in [0.15, 0.2) is 11.6 Å². The van der Waals surface area contributed by atoms with Crippen LogP contribution in [0.15, 0.2) is 48.9 Å². The van der Waals surface area contributed by atoms with Crippen LogP contribution in [0.5, 0.6) is 0 Å². The van der Waals surface area contributed by atoms with Gasteiger partial charge < -0.3 is 10.3 Å². The Bertz CT molecular complexity index is 1620. The number of aryl methyl sites for hydroxylation is 1. The fourth-order valence-corrected chi connectivity index (χ4v) is 4.84. The number of aromatic nitrogens is 5. The van der Waals surface area contributed by atoms with Gasteiger partial charge in [0.1, 0.15) is 23.1 Å². The molecule has 0 saturated heterocycles. The van der Waals surface area contributed by atoms with Crippen molar-refractivity contribution in [2.75, 3.05) is 5.32 Å². The number of hydrogen-bond donors (Lipinski definition) is 2. The Balaban J connectivity index is 1.63. The van der Waals surface area contributed by atoms with Crippen LogP contribution < -0.4 is 5.32 Å². The molecule has 3 aromatic heterocycles. The molecule has 2 aromatic carbocycles. The zero-order valence-corrected chi connectivity index (χ0v) is 19.2. The van der Waals surface area contributed by atoms with Crippen LogP contribution in [0, 0.1) is 24.4 Å². The fourth-order valence-electron chi connectivity index (χ4n) is 4.84. The van der Waals surface area contributed by atoms with Crippen molar-refractivity contribution in [3.8, 4) is 16.8 Å². The predicted molar refractivity (Wildman–Crippen MR) is 127 cm³/mol. The van der Waals surface area contributed by atoms with Crippen molar-refractivity contribution in [2.24, 2.45) is 0 Å². The fraction of sp³-hybridized carbons (Fsp3) is 0.192. The number of halogens is 3. The van der Waals surface area contributed by atoms with Crippen molar-refractivity contribution >= 4 is 16.6 Å². The lowest BCUT2D eigenvalue weighted by molar-refractivity contribution is 0.516. The molecular weight excluding hydrogens is 453 g/mol. The predicted octanol–water partition coefficient (Wildman–Crippen LogP) is 5.79. The van der Waals surface area contributed by atoms with Gasteiger partial charge in [0.2, 0.25) is 0 Å². The van der Waals surface area contributed by atoms with Gasteiger partial charge in [0.05, 0.1) is 22.3 Å². The van der Waals surface area contributed by atoms with Crippen molar-refractivity contribution in [3.63, 3.8) is 0 Å². The second kappa shape index (κ2) is 7.43. The Hall–Kier alpha value is -4.14. The van der Waals surface area contributed by atoms with E-state index in [1.807, 2.05) is 32.9 Å². The van der Waals surface area contributed by atoms with Crippen molar-refractivity contribution in [1.82, 2.24) is 24.7 Å². The second-order valence-electron chi connectivity index (χ2n) is 9.35. The Labute approximate surface area is 198 Å². The number of hydrogen-bond acceptors (Lipinski definition) is 4. The van der Waals surface area contributed by atoms with Crippen molar-refractivity contribution < 1.29 is 13.2 Å². The largest absolute Gasteiger partial charge is 0.371 e.